The smallest absolute Gasteiger partial charge is 0.303 e. The number of hydrogen-bond acceptors (Lipinski definition) is 4. The van der Waals surface area contributed by atoms with Crippen LogP contribution in [0.25, 0.3) is 0 Å². The molecule has 7 heteroatoms. The first-order chi connectivity index (χ1) is 12.1. The first-order valence-electron chi connectivity index (χ1n) is 8.58. The van der Waals surface area contributed by atoms with Crippen LogP contribution in [0.1, 0.15) is 38.5 Å². The van der Waals surface area contributed by atoms with Crippen LogP contribution in [-0.4, -0.2) is 41.7 Å². The second-order valence-electron chi connectivity index (χ2n) is 6.00. The van der Waals surface area contributed by atoms with Crippen LogP contribution in [0, 0.1) is 0 Å². The number of amides is 2. The van der Waals surface area contributed by atoms with Gasteiger partial charge in [-0.3, -0.25) is 14.4 Å². The van der Waals surface area contributed by atoms with Gasteiger partial charge in [0, 0.05) is 17.9 Å². The van der Waals surface area contributed by atoms with Gasteiger partial charge in [-0.25, -0.2) is 0 Å². The summed E-state index contributed by atoms with van der Waals surface area (Å²) in [4.78, 5) is 37.2. The van der Waals surface area contributed by atoms with E-state index < -0.39 is 5.97 Å². The van der Waals surface area contributed by atoms with Crippen LogP contribution in [0.15, 0.2) is 29.2 Å². The highest BCUT2D eigenvalue weighted by Crippen LogP contribution is 2.34. The summed E-state index contributed by atoms with van der Waals surface area (Å²) in [7, 11) is 0. The third kappa shape index (κ3) is 6.42. The van der Waals surface area contributed by atoms with Gasteiger partial charge in [0.25, 0.3) is 0 Å². The molecule has 1 heterocycles. The Morgan fingerprint density at radius 1 is 1.12 bits per heavy atom. The molecule has 0 radical (unpaired) electrons. The summed E-state index contributed by atoms with van der Waals surface area (Å²) in [6, 6.07) is 7.62. The molecule has 1 aliphatic rings. The molecule has 1 aromatic rings. The summed E-state index contributed by atoms with van der Waals surface area (Å²) in [6.07, 6.45) is 4.62. The quantitative estimate of drug-likeness (QED) is 0.623. The molecule has 6 nitrogen and oxygen atoms in total. The van der Waals surface area contributed by atoms with E-state index in [1.54, 1.807) is 4.90 Å². The molecular formula is C18H24N2O4S. The van der Waals surface area contributed by atoms with Gasteiger partial charge in [-0.15, -0.1) is 11.8 Å². The van der Waals surface area contributed by atoms with Crippen LogP contribution in [0.4, 0.5) is 5.69 Å². The van der Waals surface area contributed by atoms with Gasteiger partial charge in [-0.1, -0.05) is 31.4 Å². The fourth-order valence-corrected chi connectivity index (χ4v) is 3.62. The van der Waals surface area contributed by atoms with E-state index in [-0.39, 0.29) is 24.8 Å². The summed E-state index contributed by atoms with van der Waals surface area (Å²) in [6.45, 7) is 0.630. The summed E-state index contributed by atoms with van der Waals surface area (Å²) in [5.74, 6) is -0.585. The molecule has 0 spiro atoms. The Kier molecular flexibility index (Phi) is 7.78. The number of hydrogen-bond donors (Lipinski definition) is 2. The van der Waals surface area contributed by atoms with Crippen molar-refractivity contribution in [2.45, 2.75) is 43.4 Å². The minimum atomic E-state index is -0.750. The number of thioether (sulfide) groups is 1. The van der Waals surface area contributed by atoms with Gasteiger partial charge in [0.15, 0.2) is 0 Å². The predicted octanol–water partition coefficient (Wildman–Crippen LogP) is 2.67. The zero-order valence-corrected chi connectivity index (χ0v) is 15.0. The number of unbranched alkanes of at least 4 members (excludes halogenated alkanes) is 4. The first-order valence-corrected chi connectivity index (χ1v) is 9.57. The second-order valence-corrected chi connectivity index (χ2v) is 7.01. The molecule has 0 saturated heterocycles. The number of para-hydroxylation sites is 1. The second kappa shape index (κ2) is 10.1. The third-order valence-electron chi connectivity index (χ3n) is 4.00. The molecule has 0 unspecified atom stereocenters. The topological polar surface area (TPSA) is 86.7 Å². The number of carbonyl (C=O) groups is 3. The van der Waals surface area contributed by atoms with Crippen molar-refractivity contribution < 1.29 is 19.5 Å². The lowest BCUT2D eigenvalue weighted by Gasteiger charge is -2.28. The fraction of sp³-hybridized carbons (Fsp3) is 0.500. The van der Waals surface area contributed by atoms with Crippen LogP contribution >= 0.6 is 11.8 Å². The minimum Gasteiger partial charge on any atom is -0.481 e. The molecule has 0 aliphatic carbocycles. The minimum absolute atomic E-state index is 0.0442. The van der Waals surface area contributed by atoms with Crippen molar-refractivity contribution in [1.82, 2.24) is 5.32 Å². The maximum Gasteiger partial charge on any atom is 0.303 e. The molecular weight excluding hydrogens is 340 g/mol. The van der Waals surface area contributed by atoms with Crippen molar-refractivity contribution in [3.05, 3.63) is 24.3 Å². The Morgan fingerprint density at radius 3 is 2.64 bits per heavy atom. The number of nitrogens with one attached hydrogen (secondary N) is 1. The van der Waals surface area contributed by atoms with E-state index in [4.69, 9.17) is 5.11 Å². The van der Waals surface area contributed by atoms with Crippen LogP contribution < -0.4 is 10.2 Å². The van der Waals surface area contributed by atoms with E-state index in [1.807, 2.05) is 24.3 Å². The molecule has 0 aromatic heterocycles. The molecule has 1 aromatic carbocycles. The van der Waals surface area contributed by atoms with Crippen LogP contribution in [0.3, 0.4) is 0 Å². The van der Waals surface area contributed by atoms with E-state index in [0.29, 0.717) is 18.7 Å². The zero-order valence-electron chi connectivity index (χ0n) is 14.2. The highest BCUT2D eigenvalue weighted by molar-refractivity contribution is 8.00. The Hall–Kier alpha value is -2.02. The molecule has 2 N–H and O–H groups in total. The van der Waals surface area contributed by atoms with Crippen molar-refractivity contribution in [1.29, 1.82) is 0 Å². The number of carboxylic acids is 1. The van der Waals surface area contributed by atoms with Gasteiger partial charge in [-0.2, -0.15) is 0 Å². The number of anilines is 1. The van der Waals surface area contributed by atoms with Crippen LogP contribution in [0.5, 0.6) is 0 Å². The number of fused-ring (bicyclic) bond motifs is 1. The molecule has 1 aliphatic heterocycles. The normalized spacial score (nSPS) is 13.4. The lowest BCUT2D eigenvalue weighted by Crippen LogP contribution is -2.43. The molecule has 0 bridgehead atoms. The maximum absolute atomic E-state index is 12.1. The van der Waals surface area contributed by atoms with Gasteiger partial charge >= 0.3 is 5.97 Å². The number of carbonyl (C=O) groups excluding carboxylic acids is 2. The summed E-state index contributed by atoms with van der Waals surface area (Å²) >= 11 is 1.50. The van der Waals surface area contributed by atoms with Crippen molar-refractivity contribution >= 4 is 35.2 Å². The molecule has 136 valence electrons. The summed E-state index contributed by atoms with van der Waals surface area (Å²) in [5, 5.41) is 11.4. The Labute approximate surface area is 152 Å². The van der Waals surface area contributed by atoms with E-state index in [9.17, 15) is 14.4 Å². The van der Waals surface area contributed by atoms with Crippen molar-refractivity contribution in [3.63, 3.8) is 0 Å². The van der Waals surface area contributed by atoms with Crippen LogP contribution in [-0.2, 0) is 14.4 Å². The Balaban J connectivity index is 1.65. The van der Waals surface area contributed by atoms with Crippen molar-refractivity contribution in [2.75, 3.05) is 23.7 Å². The Bertz CT molecular complexity index is 621. The number of rotatable bonds is 10. The molecule has 0 fully saturated rings. The van der Waals surface area contributed by atoms with E-state index in [1.165, 1.54) is 11.8 Å². The lowest BCUT2D eigenvalue weighted by atomic mass is 10.1. The molecule has 0 atom stereocenters. The van der Waals surface area contributed by atoms with Gasteiger partial charge in [0.1, 0.15) is 6.54 Å². The van der Waals surface area contributed by atoms with E-state index in [2.05, 4.69) is 5.32 Å². The van der Waals surface area contributed by atoms with Gasteiger partial charge in [0.2, 0.25) is 11.8 Å². The number of benzene rings is 1. The van der Waals surface area contributed by atoms with Gasteiger partial charge in [-0.05, 0) is 25.0 Å². The third-order valence-corrected chi connectivity index (χ3v) is 5.05. The van der Waals surface area contributed by atoms with Crippen molar-refractivity contribution in [2.24, 2.45) is 0 Å². The average Bonchev–Trinajstić information content (AvgIpc) is 2.59. The van der Waals surface area contributed by atoms with Gasteiger partial charge < -0.3 is 15.3 Å². The first kappa shape index (κ1) is 19.3. The SMILES string of the molecule is O=C(O)CCCCCCCNC(=O)CN1C(=O)CSc2ccccc21. The van der Waals surface area contributed by atoms with Crippen molar-refractivity contribution in [3.8, 4) is 0 Å². The lowest BCUT2D eigenvalue weighted by molar-refractivity contribution is -0.137. The molecule has 2 rings (SSSR count). The largest absolute Gasteiger partial charge is 0.481 e. The van der Waals surface area contributed by atoms with Crippen LogP contribution in [0.2, 0.25) is 0 Å². The highest BCUT2D eigenvalue weighted by Gasteiger charge is 2.25. The number of aliphatic carboxylic acids is 1. The highest BCUT2D eigenvalue weighted by atomic mass is 32.2. The van der Waals surface area contributed by atoms with Gasteiger partial charge in [0.05, 0.1) is 11.4 Å². The summed E-state index contributed by atoms with van der Waals surface area (Å²) in [5.41, 5.74) is 0.803. The average molecular weight is 364 g/mol. The summed E-state index contributed by atoms with van der Waals surface area (Å²) < 4.78 is 0. The molecule has 25 heavy (non-hydrogen) atoms. The molecule has 0 saturated carbocycles. The predicted molar refractivity (Wildman–Crippen MR) is 97.9 cm³/mol. The molecule has 2 amide bonds. The maximum atomic E-state index is 12.1. The van der Waals surface area contributed by atoms with E-state index >= 15 is 0 Å². The van der Waals surface area contributed by atoms with E-state index in [0.717, 1.165) is 36.3 Å². The Morgan fingerprint density at radius 2 is 1.84 bits per heavy atom. The number of nitrogens with zero attached hydrogens (tertiary/aromatic N) is 1. The standard InChI is InChI=1S/C18H24N2O4S/c21-16(19-11-7-3-1-2-4-10-18(23)24)12-20-14-8-5-6-9-15(14)25-13-17(20)22/h5-6,8-9H,1-4,7,10-13H2,(H,19,21)(H,23,24). The fourth-order valence-electron chi connectivity index (χ4n) is 2.69. The number of carboxylic acid groups (broad SMARTS) is 1. The monoisotopic (exact) mass is 364 g/mol. The zero-order chi connectivity index (χ0) is 18.1.